The highest BCUT2D eigenvalue weighted by atomic mass is 79.9. The smallest absolute Gasteiger partial charge is 0.317 e. The van der Waals surface area contributed by atoms with Crippen molar-refractivity contribution in [2.24, 2.45) is 5.41 Å². The number of halogens is 2. The second-order valence-electron chi connectivity index (χ2n) is 6.11. The van der Waals surface area contributed by atoms with Gasteiger partial charge >= 0.3 is 12.0 Å². The van der Waals surface area contributed by atoms with E-state index in [9.17, 15) is 14.0 Å². The first kappa shape index (κ1) is 17.7. The third kappa shape index (κ3) is 4.43. The first-order valence-corrected chi connectivity index (χ1v) is 8.31. The van der Waals surface area contributed by atoms with E-state index in [1.54, 1.807) is 19.1 Å². The molecule has 1 aromatic carbocycles. The molecule has 1 fully saturated rings. The second-order valence-corrected chi connectivity index (χ2v) is 7.02. The number of benzene rings is 1. The predicted octanol–water partition coefficient (Wildman–Crippen LogP) is 3.03. The largest absolute Gasteiger partial charge is 0.481 e. The van der Waals surface area contributed by atoms with Gasteiger partial charge < -0.3 is 15.3 Å². The fourth-order valence-electron chi connectivity index (χ4n) is 2.62. The Morgan fingerprint density at radius 1 is 1.48 bits per heavy atom. The number of nitrogens with zero attached hydrogens (tertiary/aromatic N) is 1. The van der Waals surface area contributed by atoms with Gasteiger partial charge in [-0.1, -0.05) is 22.0 Å². The number of urea groups is 1. The summed E-state index contributed by atoms with van der Waals surface area (Å²) in [6, 6.07) is 4.67. The minimum Gasteiger partial charge on any atom is -0.481 e. The number of hydrogen-bond acceptors (Lipinski definition) is 2. The summed E-state index contributed by atoms with van der Waals surface area (Å²) in [7, 11) is 0. The molecule has 0 spiro atoms. The molecule has 1 aliphatic heterocycles. The highest BCUT2D eigenvalue weighted by Gasteiger charge is 2.42. The van der Waals surface area contributed by atoms with Crippen molar-refractivity contribution in [3.8, 4) is 0 Å². The Balaban J connectivity index is 1.74. The number of likely N-dealkylation sites (tertiary alicyclic amines) is 1. The van der Waals surface area contributed by atoms with Crippen molar-refractivity contribution in [3.63, 3.8) is 0 Å². The summed E-state index contributed by atoms with van der Waals surface area (Å²) in [4.78, 5) is 24.7. The summed E-state index contributed by atoms with van der Waals surface area (Å²) < 4.78 is 14.4. The van der Waals surface area contributed by atoms with E-state index in [-0.39, 0.29) is 18.4 Å². The molecule has 2 rings (SSSR count). The quantitative estimate of drug-likeness (QED) is 0.764. The van der Waals surface area contributed by atoms with Crippen molar-refractivity contribution >= 4 is 27.9 Å². The van der Waals surface area contributed by atoms with Crippen molar-refractivity contribution in [2.45, 2.75) is 26.2 Å². The van der Waals surface area contributed by atoms with E-state index in [1.807, 2.05) is 0 Å². The Kier molecular flexibility index (Phi) is 5.62. The van der Waals surface area contributed by atoms with Gasteiger partial charge in [-0.2, -0.15) is 0 Å². The molecular formula is C16H20BrFN2O3. The maximum Gasteiger partial charge on any atom is 0.317 e. The average Bonchev–Trinajstić information content (AvgIpc) is 2.89. The number of nitrogens with one attached hydrogen (secondary N) is 1. The van der Waals surface area contributed by atoms with Gasteiger partial charge in [0.2, 0.25) is 0 Å². The van der Waals surface area contributed by atoms with Crippen molar-refractivity contribution in [3.05, 3.63) is 34.1 Å². The lowest BCUT2D eigenvalue weighted by atomic mass is 9.90. The molecule has 0 aromatic heterocycles. The van der Waals surface area contributed by atoms with Crippen LogP contribution in [0.5, 0.6) is 0 Å². The van der Waals surface area contributed by atoms with Gasteiger partial charge in [0.25, 0.3) is 0 Å². The number of carboxylic acid groups (broad SMARTS) is 1. The SMILES string of the molecule is CC1(C(=O)O)CCN(C(=O)NCCCc2ccc(Br)cc2F)C1. The average molecular weight is 387 g/mol. The van der Waals surface area contributed by atoms with Crippen LogP contribution in [-0.2, 0) is 11.2 Å². The molecule has 1 heterocycles. The van der Waals surface area contributed by atoms with Crippen LogP contribution in [0, 0.1) is 11.2 Å². The molecule has 0 saturated carbocycles. The van der Waals surface area contributed by atoms with Crippen molar-refractivity contribution in [2.75, 3.05) is 19.6 Å². The molecule has 1 aromatic rings. The number of rotatable bonds is 5. The van der Waals surface area contributed by atoms with Crippen molar-refractivity contribution in [1.82, 2.24) is 10.2 Å². The Bertz CT molecular complexity index is 611. The van der Waals surface area contributed by atoms with E-state index in [0.717, 1.165) is 0 Å². The van der Waals surface area contributed by atoms with E-state index in [0.29, 0.717) is 42.4 Å². The van der Waals surface area contributed by atoms with Crippen LogP contribution in [0.3, 0.4) is 0 Å². The minimum absolute atomic E-state index is 0.218. The van der Waals surface area contributed by atoms with E-state index in [4.69, 9.17) is 5.11 Å². The lowest BCUT2D eigenvalue weighted by Crippen LogP contribution is -2.41. The van der Waals surface area contributed by atoms with Gasteiger partial charge in [0.1, 0.15) is 5.82 Å². The normalized spacial score (nSPS) is 20.6. The van der Waals surface area contributed by atoms with Gasteiger partial charge in [-0.25, -0.2) is 9.18 Å². The van der Waals surface area contributed by atoms with Crippen molar-refractivity contribution < 1.29 is 19.1 Å². The highest BCUT2D eigenvalue weighted by molar-refractivity contribution is 9.10. The van der Waals surface area contributed by atoms with Gasteiger partial charge in [-0.15, -0.1) is 0 Å². The Labute approximate surface area is 143 Å². The molecule has 0 bridgehead atoms. The summed E-state index contributed by atoms with van der Waals surface area (Å²) in [5.41, 5.74) is -0.250. The third-order valence-electron chi connectivity index (χ3n) is 4.19. The van der Waals surface area contributed by atoms with Crippen LogP contribution in [0.15, 0.2) is 22.7 Å². The third-order valence-corrected chi connectivity index (χ3v) is 4.68. The van der Waals surface area contributed by atoms with Crippen LogP contribution in [0.1, 0.15) is 25.3 Å². The molecule has 23 heavy (non-hydrogen) atoms. The molecule has 1 atom stereocenters. The van der Waals surface area contributed by atoms with Crippen LogP contribution in [0.4, 0.5) is 9.18 Å². The van der Waals surface area contributed by atoms with Gasteiger partial charge in [-0.05, 0) is 43.9 Å². The number of aliphatic carboxylic acids is 1. The van der Waals surface area contributed by atoms with Gasteiger partial charge in [0.15, 0.2) is 0 Å². The van der Waals surface area contributed by atoms with Gasteiger partial charge in [0, 0.05) is 24.1 Å². The maximum absolute atomic E-state index is 13.7. The zero-order chi connectivity index (χ0) is 17.0. The van der Waals surface area contributed by atoms with Crippen LogP contribution in [0.25, 0.3) is 0 Å². The number of carbonyl (C=O) groups is 2. The topological polar surface area (TPSA) is 69.6 Å². The lowest BCUT2D eigenvalue weighted by Gasteiger charge is -2.20. The van der Waals surface area contributed by atoms with E-state index in [2.05, 4.69) is 21.2 Å². The number of carboxylic acids is 1. The molecule has 0 radical (unpaired) electrons. The molecule has 1 unspecified atom stereocenters. The minimum atomic E-state index is -0.876. The lowest BCUT2D eigenvalue weighted by molar-refractivity contribution is -0.146. The molecule has 1 aliphatic rings. The summed E-state index contributed by atoms with van der Waals surface area (Å²) >= 11 is 3.21. The number of carbonyl (C=O) groups excluding carboxylic acids is 1. The molecule has 7 heteroatoms. The summed E-state index contributed by atoms with van der Waals surface area (Å²) in [5, 5.41) is 11.9. The van der Waals surface area contributed by atoms with Crippen LogP contribution in [-0.4, -0.2) is 41.6 Å². The van der Waals surface area contributed by atoms with Crippen LogP contribution < -0.4 is 5.32 Å². The first-order valence-electron chi connectivity index (χ1n) is 7.52. The molecular weight excluding hydrogens is 367 g/mol. The molecule has 1 saturated heterocycles. The number of aryl methyl sites for hydroxylation is 1. The zero-order valence-electron chi connectivity index (χ0n) is 12.9. The molecule has 5 nitrogen and oxygen atoms in total. The molecule has 0 aliphatic carbocycles. The first-order chi connectivity index (χ1) is 10.8. The highest BCUT2D eigenvalue weighted by Crippen LogP contribution is 2.29. The summed E-state index contributed by atoms with van der Waals surface area (Å²) in [6.45, 7) is 2.74. The fraction of sp³-hybridized carbons (Fsp3) is 0.500. The van der Waals surface area contributed by atoms with E-state index < -0.39 is 11.4 Å². The van der Waals surface area contributed by atoms with E-state index >= 15 is 0 Å². The van der Waals surface area contributed by atoms with E-state index in [1.165, 1.54) is 11.0 Å². The molecule has 2 N–H and O–H groups in total. The Morgan fingerprint density at radius 2 is 2.22 bits per heavy atom. The van der Waals surface area contributed by atoms with Crippen LogP contribution >= 0.6 is 15.9 Å². The fourth-order valence-corrected chi connectivity index (χ4v) is 2.95. The molecule has 126 valence electrons. The Morgan fingerprint density at radius 3 is 2.83 bits per heavy atom. The maximum atomic E-state index is 13.7. The zero-order valence-corrected chi connectivity index (χ0v) is 14.5. The second kappa shape index (κ2) is 7.29. The summed E-state index contributed by atoms with van der Waals surface area (Å²) in [6.07, 6.45) is 1.61. The number of hydrogen-bond donors (Lipinski definition) is 2. The standard InChI is InChI=1S/C16H20BrFN2O3/c1-16(14(21)22)6-8-20(10-16)15(23)19-7-2-3-11-4-5-12(17)9-13(11)18/h4-5,9H,2-3,6-8,10H2,1H3,(H,19,23)(H,21,22). The monoisotopic (exact) mass is 386 g/mol. The predicted molar refractivity (Wildman–Crippen MR) is 87.8 cm³/mol. The van der Waals surface area contributed by atoms with Gasteiger partial charge in [-0.3, -0.25) is 4.79 Å². The van der Waals surface area contributed by atoms with Crippen LogP contribution in [0.2, 0.25) is 0 Å². The Hall–Kier alpha value is -1.63. The van der Waals surface area contributed by atoms with Gasteiger partial charge in [0.05, 0.1) is 5.41 Å². The molecule has 2 amide bonds. The van der Waals surface area contributed by atoms with Crippen molar-refractivity contribution in [1.29, 1.82) is 0 Å². The summed E-state index contributed by atoms with van der Waals surface area (Å²) in [5.74, 6) is -1.14. The number of amides is 2.